The molecule has 1 aromatic heterocycles. The molecule has 0 atom stereocenters. The van der Waals surface area contributed by atoms with Gasteiger partial charge in [0.1, 0.15) is 7.05 Å². The number of benzene rings is 3. The quantitative estimate of drug-likeness (QED) is 0.275. The lowest BCUT2D eigenvalue weighted by molar-refractivity contribution is -0.659. The van der Waals surface area contributed by atoms with Crippen LogP contribution in [0.5, 0.6) is 0 Å². The summed E-state index contributed by atoms with van der Waals surface area (Å²) in [5.41, 5.74) is 9.46. The maximum absolute atomic E-state index is 2.41. The molecule has 0 aliphatic carbocycles. The largest absolute Gasteiger partial charge is 0.220 e. The number of aromatic nitrogens is 1. The Kier molecular flexibility index (Phi) is 6.46. The first-order valence-corrected chi connectivity index (χ1v) is 12.1. The van der Waals surface area contributed by atoms with Gasteiger partial charge in [0.15, 0.2) is 6.20 Å². The van der Waals surface area contributed by atoms with Crippen molar-refractivity contribution in [2.24, 2.45) is 7.05 Å². The lowest BCUT2D eigenvalue weighted by atomic mass is 9.87. The zero-order valence-electron chi connectivity index (χ0n) is 20.4. The van der Waals surface area contributed by atoms with Gasteiger partial charge in [0.25, 0.3) is 0 Å². The number of nitrogens with zero attached hydrogens (tertiary/aromatic N) is 1. The highest BCUT2D eigenvalue weighted by atomic mass is 14.9. The number of fused-ring (bicyclic) bond motifs is 1. The highest BCUT2D eigenvalue weighted by Gasteiger charge is 2.21. The summed E-state index contributed by atoms with van der Waals surface area (Å²) in [5.74, 6) is 1.10. The Morgan fingerprint density at radius 1 is 0.812 bits per heavy atom. The van der Waals surface area contributed by atoms with Gasteiger partial charge >= 0.3 is 0 Å². The van der Waals surface area contributed by atoms with E-state index in [0.29, 0.717) is 11.8 Å². The van der Waals surface area contributed by atoms with Crippen LogP contribution in [-0.2, 0) is 7.05 Å². The Labute approximate surface area is 193 Å². The van der Waals surface area contributed by atoms with E-state index in [4.69, 9.17) is 0 Å². The fourth-order valence-electron chi connectivity index (χ4n) is 5.12. The van der Waals surface area contributed by atoms with Gasteiger partial charge < -0.3 is 0 Å². The van der Waals surface area contributed by atoms with Crippen LogP contribution in [0.15, 0.2) is 72.9 Å². The highest BCUT2D eigenvalue weighted by molar-refractivity contribution is 5.95. The number of pyridine rings is 1. The molecular formula is C31H36N+. The summed E-state index contributed by atoms with van der Waals surface area (Å²) in [6, 6.07) is 24.9. The van der Waals surface area contributed by atoms with E-state index in [1.165, 1.54) is 62.7 Å². The van der Waals surface area contributed by atoms with E-state index in [-0.39, 0.29) is 0 Å². The first-order valence-electron chi connectivity index (χ1n) is 12.1. The van der Waals surface area contributed by atoms with Crippen LogP contribution in [0.1, 0.15) is 69.1 Å². The second-order valence-corrected chi connectivity index (χ2v) is 9.39. The lowest BCUT2D eigenvalue weighted by Gasteiger charge is -2.18. The second-order valence-electron chi connectivity index (χ2n) is 9.39. The van der Waals surface area contributed by atoms with Crippen molar-refractivity contribution in [2.45, 2.75) is 59.3 Å². The molecule has 1 heteroatoms. The first kappa shape index (κ1) is 22.3. The molecule has 0 radical (unpaired) electrons. The Morgan fingerprint density at radius 3 is 2.19 bits per heavy atom. The normalized spacial score (nSPS) is 11.6. The first-order chi connectivity index (χ1) is 15.4. The van der Waals surface area contributed by atoms with Gasteiger partial charge in [-0.2, -0.15) is 0 Å². The minimum atomic E-state index is 0.471. The van der Waals surface area contributed by atoms with Crippen molar-refractivity contribution < 1.29 is 4.57 Å². The predicted molar refractivity (Wildman–Crippen MR) is 138 cm³/mol. The molecule has 0 aliphatic rings. The monoisotopic (exact) mass is 422 g/mol. The molecule has 1 nitrogen and oxygen atoms in total. The van der Waals surface area contributed by atoms with Crippen LogP contribution in [0.2, 0.25) is 0 Å². The summed E-state index contributed by atoms with van der Waals surface area (Å²) in [5, 5.41) is 2.66. The SMILES string of the molecule is CCC(CC)c1ccc2c(-c3cc(-c4ccccc4)cc(C(C)C)c3C)[n+](C)ccc2c1. The fourth-order valence-corrected chi connectivity index (χ4v) is 5.12. The molecule has 0 unspecified atom stereocenters. The fraction of sp³-hybridized carbons (Fsp3) is 0.323. The van der Waals surface area contributed by atoms with Crippen molar-refractivity contribution in [3.8, 4) is 22.4 Å². The summed E-state index contributed by atoms with van der Waals surface area (Å²) in [6.45, 7) is 11.5. The zero-order valence-corrected chi connectivity index (χ0v) is 20.4. The van der Waals surface area contributed by atoms with Gasteiger partial charge in [0, 0.05) is 6.07 Å². The summed E-state index contributed by atoms with van der Waals surface area (Å²) in [6.07, 6.45) is 4.59. The van der Waals surface area contributed by atoms with Crippen LogP contribution in [0, 0.1) is 6.92 Å². The van der Waals surface area contributed by atoms with Crippen molar-refractivity contribution in [2.75, 3.05) is 0 Å². The Hall–Kier alpha value is -2.93. The van der Waals surface area contributed by atoms with Gasteiger partial charge in [0.05, 0.1) is 10.9 Å². The smallest absolute Gasteiger partial charge is 0.200 e. The van der Waals surface area contributed by atoms with Crippen LogP contribution >= 0.6 is 0 Å². The average molecular weight is 423 g/mol. The summed E-state index contributed by atoms with van der Waals surface area (Å²) in [7, 11) is 2.17. The van der Waals surface area contributed by atoms with Crippen molar-refractivity contribution >= 4 is 10.8 Å². The van der Waals surface area contributed by atoms with Gasteiger partial charge in [-0.15, -0.1) is 0 Å². The maximum Gasteiger partial charge on any atom is 0.220 e. The molecule has 0 saturated carbocycles. The number of hydrogen-bond acceptors (Lipinski definition) is 0. The lowest BCUT2D eigenvalue weighted by Crippen LogP contribution is -2.31. The summed E-state index contributed by atoms with van der Waals surface area (Å²) < 4.78 is 2.29. The second kappa shape index (κ2) is 9.28. The third kappa shape index (κ3) is 4.09. The van der Waals surface area contributed by atoms with Crippen LogP contribution in [0.25, 0.3) is 33.2 Å². The van der Waals surface area contributed by atoms with Gasteiger partial charge in [-0.05, 0) is 76.9 Å². The predicted octanol–water partition coefficient (Wildman–Crippen LogP) is 8.33. The van der Waals surface area contributed by atoms with Crippen molar-refractivity contribution in [3.05, 3.63) is 89.6 Å². The Morgan fingerprint density at radius 2 is 1.53 bits per heavy atom. The molecule has 0 spiro atoms. The molecule has 0 N–H and O–H groups in total. The summed E-state index contributed by atoms with van der Waals surface area (Å²) >= 11 is 0. The topological polar surface area (TPSA) is 3.88 Å². The van der Waals surface area contributed by atoms with E-state index in [1.807, 2.05) is 0 Å². The highest BCUT2D eigenvalue weighted by Crippen LogP contribution is 2.37. The zero-order chi connectivity index (χ0) is 22.8. The van der Waals surface area contributed by atoms with Gasteiger partial charge in [0.2, 0.25) is 5.69 Å². The molecule has 4 rings (SSSR count). The molecule has 0 bridgehead atoms. The van der Waals surface area contributed by atoms with E-state index >= 15 is 0 Å². The molecule has 4 aromatic rings. The van der Waals surface area contributed by atoms with Gasteiger partial charge in [-0.1, -0.05) is 76.2 Å². The van der Waals surface area contributed by atoms with E-state index in [0.717, 1.165) is 0 Å². The third-order valence-corrected chi connectivity index (χ3v) is 7.05. The molecule has 0 fully saturated rings. The number of hydrogen-bond donors (Lipinski definition) is 0. The Balaban J connectivity index is 1.99. The van der Waals surface area contributed by atoms with Crippen LogP contribution in [-0.4, -0.2) is 0 Å². The molecule has 1 heterocycles. The molecule has 0 amide bonds. The van der Waals surface area contributed by atoms with Crippen molar-refractivity contribution in [1.29, 1.82) is 0 Å². The van der Waals surface area contributed by atoms with Gasteiger partial charge in [-0.3, -0.25) is 0 Å². The van der Waals surface area contributed by atoms with Crippen molar-refractivity contribution in [3.63, 3.8) is 0 Å². The maximum atomic E-state index is 2.41. The molecule has 0 aliphatic heterocycles. The number of rotatable bonds is 6. The van der Waals surface area contributed by atoms with Gasteiger partial charge in [-0.25, -0.2) is 4.57 Å². The minimum Gasteiger partial charge on any atom is -0.200 e. The van der Waals surface area contributed by atoms with Crippen molar-refractivity contribution in [1.82, 2.24) is 0 Å². The van der Waals surface area contributed by atoms with Crippen LogP contribution in [0.4, 0.5) is 0 Å². The standard InChI is InChI=1S/C31H36N/c1-7-23(8-2)25-14-15-28-26(18-25)16-17-32(6)31(28)30-20-27(24-12-10-9-11-13-24)19-29(21(3)4)22(30)5/h9-21,23H,7-8H2,1-6H3/q+1. The number of aryl methyl sites for hydroxylation is 1. The molecule has 164 valence electrons. The molecule has 32 heavy (non-hydrogen) atoms. The summed E-state index contributed by atoms with van der Waals surface area (Å²) in [4.78, 5) is 0. The van der Waals surface area contributed by atoms with Crippen LogP contribution in [0.3, 0.4) is 0 Å². The van der Waals surface area contributed by atoms with E-state index in [9.17, 15) is 0 Å². The third-order valence-electron chi connectivity index (χ3n) is 7.05. The minimum absolute atomic E-state index is 0.471. The Bertz CT molecular complexity index is 1230. The molecular weight excluding hydrogens is 386 g/mol. The van der Waals surface area contributed by atoms with E-state index in [1.54, 1.807) is 0 Å². The van der Waals surface area contributed by atoms with E-state index < -0.39 is 0 Å². The average Bonchev–Trinajstić information content (AvgIpc) is 2.81. The molecule has 3 aromatic carbocycles. The molecule has 0 saturated heterocycles. The van der Waals surface area contributed by atoms with Crippen LogP contribution < -0.4 is 4.57 Å². The van der Waals surface area contributed by atoms with E-state index in [2.05, 4.69) is 119 Å².